The van der Waals surface area contributed by atoms with Crippen molar-refractivity contribution in [3.63, 3.8) is 0 Å². The number of pyridine rings is 1. The fourth-order valence-electron chi connectivity index (χ4n) is 4.30. The van der Waals surface area contributed by atoms with Crippen LogP contribution >= 0.6 is 0 Å². The molecule has 0 radical (unpaired) electrons. The molecule has 1 fully saturated rings. The highest BCUT2D eigenvalue weighted by Gasteiger charge is 2.37. The number of benzene rings is 1. The minimum atomic E-state index is -0.823. The van der Waals surface area contributed by atoms with Crippen molar-refractivity contribution in [2.45, 2.75) is 18.9 Å². The molecule has 3 amide bonds. The number of fused-ring (bicyclic) bond motifs is 4. The van der Waals surface area contributed by atoms with E-state index in [1.165, 1.54) is 7.05 Å². The molecule has 0 unspecified atom stereocenters. The standard InChI is InChI=1S/C21H22N4O4/c1-22-19(27)20(28)23-16-6-3-2-5-15(16)21(29)24-10-13-9-14(12-24)17-7-4-8-18(26)25(17)11-13/h2-8,13-14H,9-12H2,1H3,(H,22,27)(H,23,28)/t13-,14-/m1/s1. The third-order valence-corrected chi connectivity index (χ3v) is 5.61. The minimum absolute atomic E-state index is 0.000708. The third kappa shape index (κ3) is 3.53. The number of likely N-dealkylation sites (tertiary alicyclic amines) is 1. The van der Waals surface area contributed by atoms with Crippen LogP contribution in [0.4, 0.5) is 5.69 Å². The summed E-state index contributed by atoms with van der Waals surface area (Å²) in [6.07, 6.45) is 0.947. The number of likely N-dealkylation sites (N-methyl/N-ethyl adjacent to an activating group) is 1. The first-order chi connectivity index (χ1) is 14.0. The lowest BCUT2D eigenvalue weighted by Crippen LogP contribution is -2.49. The summed E-state index contributed by atoms with van der Waals surface area (Å²) in [5, 5.41) is 4.77. The summed E-state index contributed by atoms with van der Waals surface area (Å²) in [5.41, 5.74) is 1.61. The smallest absolute Gasteiger partial charge is 0.313 e. The van der Waals surface area contributed by atoms with E-state index in [-0.39, 0.29) is 23.3 Å². The SMILES string of the molecule is CNC(=O)C(=O)Nc1ccccc1C(=O)N1C[C@H]2C[C@H](C1)c1cccc(=O)n1C2. The Morgan fingerprint density at radius 3 is 2.55 bits per heavy atom. The Bertz CT molecular complexity index is 1040. The molecule has 2 atom stereocenters. The number of amides is 3. The number of nitrogens with zero attached hydrogens (tertiary/aromatic N) is 2. The quantitative estimate of drug-likeness (QED) is 0.736. The summed E-state index contributed by atoms with van der Waals surface area (Å²) in [4.78, 5) is 50.7. The minimum Gasteiger partial charge on any atom is -0.351 e. The van der Waals surface area contributed by atoms with Gasteiger partial charge in [0.1, 0.15) is 0 Å². The van der Waals surface area contributed by atoms with Crippen LogP contribution in [0.25, 0.3) is 0 Å². The summed E-state index contributed by atoms with van der Waals surface area (Å²) in [6, 6.07) is 12.0. The van der Waals surface area contributed by atoms with Gasteiger partial charge in [-0.2, -0.15) is 0 Å². The van der Waals surface area contributed by atoms with Gasteiger partial charge >= 0.3 is 11.8 Å². The molecule has 8 heteroatoms. The monoisotopic (exact) mass is 394 g/mol. The molecule has 29 heavy (non-hydrogen) atoms. The Morgan fingerprint density at radius 1 is 0.966 bits per heavy atom. The van der Waals surface area contributed by atoms with Crippen LogP contribution in [0, 0.1) is 5.92 Å². The second-order valence-corrected chi connectivity index (χ2v) is 7.49. The van der Waals surface area contributed by atoms with Crippen molar-refractivity contribution >= 4 is 23.4 Å². The van der Waals surface area contributed by atoms with Crippen LogP contribution in [-0.2, 0) is 16.1 Å². The molecule has 2 N–H and O–H groups in total. The summed E-state index contributed by atoms with van der Waals surface area (Å²) in [6.45, 7) is 1.66. The number of hydrogen-bond acceptors (Lipinski definition) is 4. The number of para-hydroxylation sites is 1. The molecule has 1 aromatic carbocycles. The maximum atomic E-state index is 13.3. The molecule has 1 saturated heterocycles. The van der Waals surface area contributed by atoms with Crippen molar-refractivity contribution in [3.05, 3.63) is 64.1 Å². The fourth-order valence-corrected chi connectivity index (χ4v) is 4.30. The van der Waals surface area contributed by atoms with Crippen LogP contribution < -0.4 is 16.2 Å². The van der Waals surface area contributed by atoms with Crippen molar-refractivity contribution in [2.75, 3.05) is 25.5 Å². The number of nitrogens with one attached hydrogen (secondary N) is 2. The van der Waals surface area contributed by atoms with Crippen molar-refractivity contribution in [1.29, 1.82) is 0 Å². The maximum Gasteiger partial charge on any atom is 0.313 e. The van der Waals surface area contributed by atoms with Crippen LogP contribution in [0.15, 0.2) is 47.3 Å². The van der Waals surface area contributed by atoms with Gasteiger partial charge in [-0.3, -0.25) is 19.2 Å². The number of hydrogen-bond donors (Lipinski definition) is 2. The largest absolute Gasteiger partial charge is 0.351 e. The van der Waals surface area contributed by atoms with E-state index in [2.05, 4.69) is 10.6 Å². The molecule has 0 spiro atoms. The molecule has 150 valence electrons. The van der Waals surface area contributed by atoms with Crippen LogP contribution in [0.1, 0.15) is 28.4 Å². The highest BCUT2D eigenvalue weighted by Crippen LogP contribution is 2.35. The summed E-state index contributed by atoms with van der Waals surface area (Å²) < 4.78 is 1.82. The van der Waals surface area contributed by atoms with Gasteiger partial charge in [0.25, 0.3) is 11.5 Å². The Labute approximate surface area is 167 Å². The van der Waals surface area contributed by atoms with E-state index in [1.54, 1.807) is 41.3 Å². The number of aromatic nitrogens is 1. The summed E-state index contributed by atoms with van der Waals surface area (Å²) >= 11 is 0. The first-order valence-electron chi connectivity index (χ1n) is 9.59. The molecular formula is C21H22N4O4. The van der Waals surface area contributed by atoms with Crippen LogP contribution in [0.2, 0.25) is 0 Å². The predicted octanol–water partition coefficient (Wildman–Crippen LogP) is 0.792. The topological polar surface area (TPSA) is 101 Å². The highest BCUT2D eigenvalue weighted by atomic mass is 16.2. The van der Waals surface area contributed by atoms with Crippen LogP contribution in [0.5, 0.6) is 0 Å². The van der Waals surface area contributed by atoms with Crippen LogP contribution in [0.3, 0.4) is 0 Å². The van der Waals surface area contributed by atoms with Gasteiger partial charge in [-0.1, -0.05) is 18.2 Å². The molecule has 8 nitrogen and oxygen atoms in total. The average molecular weight is 394 g/mol. The Hall–Kier alpha value is -3.42. The van der Waals surface area contributed by atoms with Gasteiger partial charge in [0, 0.05) is 44.4 Å². The van der Waals surface area contributed by atoms with Gasteiger partial charge in [0.05, 0.1) is 11.3 Å². The van der Waals surface area contributed by atoms with Gasteiger partial charge in [-0.25, -0.2) is 0 Å². The molecule has 1 aromatic heterocycles. The zero-order valence-corrected chi connectivity index (χ0v) is 16.1. The van der Waals surface area contributed by atoms with Crippen molar-refractivity contribution in [2.24, 2.45) is 5.92 Å². The molecule has 2 aliphatic heterocycles. The summed E-state index contributed by atoms with van der Waals surface area (Å²) in [7, 11) is 1.37. The molecule has 4 rings (SSSR count). The molecule has 2 bridgehead atoms. The second kappa shape index (κ2) is 7.54. The highest BCUT2D eigenvalue weighted by molar-refractivity contribution is 6.39. The number of rotatable bonds is 2. The Balaban J connectivity index is 1.58. The normalized spacial score (nSPS) is 19.8. The third-order valence-electron chi connectivity index (χ3n) is 5.61. The lowest BCUT2D eigenvalue weighted by molar-refractivity contribution is -0.135. The van der Waals surface area contributed by atoms with E-state index in [0.717, 1.165) is 12.1 Å². The van der Waals surface area contributed by atoms with Gasteiger partial charge in [0.15, 0.2) is 0 Å². The van der Waals surface area contributed by atoms with Crippen molar-refractivity contribution < 1.29 is 14.4 Å². The molecule has 0 saturated carbocycles. The first kappa shape index (κ1) is 18.9. The maximum absolute atomic E-state index is 13.3. The van der Waals surface area contributed by atoms with Crippen LogP contribution in [-0.4, -0.2) is 47.3 Å². The molecule has 0 aliphatic carbocycles. The number of piperidine rings is 1. The Kier molecular flexibility index (Phi) is 4.92. The summed E-state index contributed by atoms with van der Waals surface area (Å²) in [5.74, 6) is -1.48. The zero-order chi connectivity index (χ0) is 20.5. The van der Waals surface area contributed by atoms with E-state index >= 15 is 0 Å². The van der Waals surface area contributed by atoms with E-state index < -0.39 is 11.8 Å². The average Bonchev–Trinajstić information content (AvgIpc) is 2.73. The van der Waals surface area contributed by atoms with Gasteiger partial charge < -0.3 is 20.1 Å². The number of anilines is 1. The zero-order valence-electron chi connectivity index (χ0n) is 16.1. The van der Waals surface area contributed by atoms with Gasteiger partial charge in [0.2, 0.25) is 0 Å². The second-order valence-electron chi connectivity index (χ2n) is 7.49. The lowest BCUT2D eigenvalue weighted by Gasteiger charge is -2.42. The number of carbonyl (C=O) groups excluding carboxylic acids is 3. The molecule has 2 aliphatic rings. The number of carbonyl (C=O) groups is 3. The fraction of sp³-hybridized carbons (Fsp3) is 0.333. The molecular weight excluding hydrogens is 372 g/mol. The van der Waals surface area contributed by atoms with E-state index in [4.69, 9.17) is 0 Å². The lowest BCUT2D eigenvalue weighted by atomic mass is 9.83. The van der Waals surface area contributed by atoms with Crippen molar-refractivity contribution in [3.8, 4) is 0 Å². The predicted molar refractivity (Wildman–Crippen MR) is 107 cm³/mol. The van der Waals surface area contributed by atoms with Crippen molar-refractivity contribution in [1.82, 2.24) is 14.8 Å². The van der Waals surface area contributed by atoms with E-state index in [0.29, 0.717) is 30.9 Å². The van der Waals surface area contributed by atoms with E-state index in [1.807, 2.05) is 10.6 Å². The molecule has 2 aromatic rings. The van der Waals surface area contributed by atoms with E-state index in [9.17, 15) is 19.2 Å². The first-order valence-corrected chi connectivity index (χ1v) is 9.59. The van der Waals surface area contributed by atoms with Gasteiger partial charge in [-0.15, -0.1) is 0 Å². The Morgan fingerprint density at radius 2 is 1.76 bits per heavy atom. The van der Waals surface area contributed by atoms with Gasteiger partial charge in [-0.05, 0) is 30.5 Å². The molecule has 3 heterocycles.